The summed E-state index contributed by atoms with van der Waals surface area (Å²) in [6.45, 7) is 3.57. The smallest absolute Gasteiger partial charge is 0.225 e. The van der Waals surface area contributed by atoms with E-state index in [0.717, 1.165) is 45.1 Å². The molecule has 160 valence electrons. The van der Waals surface area contributed by atoms with E-state index in [1.165, 1.54) is 18.2 Å². The summed E-state index contributed by atoms with van der Waals surface area (Å²) in [7, 11) is 0. The van der Waals surface area contributed by atoms with Crippen LogP contribution in [0.4, 0.5) is 8.78 Å². The molecule has 0 bridgehead atoms. The Labute approximate surface area is 178 Å². The fourth-order valence-electron chi connectivity index (χ4n) is 4.31. The predicted octanol–water partition coefficient (Wildman–Crippen LogP) is 3.80. The minimum atomic E-state index is -0.516. The van der Waals surface area contributed by atoms with Crippen molar-refractivity contribution in [1.82, 2.24) is 10.2 Å². The molecule has 8 heteroatoms. The van der Waals surface area contributed by atoms with E-state index in [1.807, 2.05) is 11.8 Å². The first kappa shape index (κ1) is 25.1. The van der Waals surface area contributed by atoms with Crippen molar-refractivity contribution in [1.29, 1.82) is 0 Å². The highest BCUT2D eigenvalue weighted by atomic mass is 35.5. The molecule has 0 aromatic heterocycles. The second kappa shape index (κ2) is 10.7. The molecule has 1 aliphatic heterocycles. The van der Waals surface area contributed by atoms with E-state index >= 15 is 0 Å². The molecule has 1 heterocycles. The number of hydrogen-bond acceptors (Lipinski definition) is 3. The number of piperidine rings is 1. The number of carbonyl (C=O) groups is 1. The summed E-state index contributed by atoms with van der Waals surface area (Å²) in [5.74, 6) is -1.16. The molecule has 1 saturated carbocycles. The van der Waals surface area contributed by atoms with E-state index in [9.17, 15) is 13.6 Å². The summed E-state index contributed by atoms with van der Waals surface area (Å²) in [6, 6.07) is 3.95. The number of nitrogens with zero attached hydrogens (tertiary/aromatic N) is 1. The number of rotatable bonds is 4. The monoisotopic (exact) mass is 437 g/mol. The Kier molecular flexibility index (Phi) is 9.60. The van der Waals surface area contributed by atoms with E-state index in [1.54, 1.807) is 0 Å². The normalized spacial score (nSPS) is 28.0. The van der Waals surface area contributed by atoms with Crippen LogP contribution in [0.15, 0.2) is 18.2 Å². The first-order valence-electron chi connectivity index (χ1n) is 9.61. The third-order valence-electron chi connectivity index (χ3n) is 5.87. The Morgan fingerprint density at radius 1 is 1.21 bits per heavy atom. The van der Waals surface area contributed by atoms with Crippen molar-refractivity contribution in [3.05, 3.63) is 35.4 Å². The molecule has 1 saturated heterocycles. The van der Waals surface area contributed by atoms with Crippen molar-refractivity contribution in [3.63, 3.8) is 0 Å². The lowest BCUT2D eigenvalue weighted by Crippen LogP contribution is -2.56. The van der Waals surface area contributed by atoms with Crippen LogP contribution in [0.2, 0.25) is 0 Å². The molecule has 2 fully saturated rings. The van der Waals surface area contributed by atoms with Gasteiger partial charge in [0.1, 0.15) is 11.6 Å². The summed E-state index contributed by atoms with van der Waals surface area (Å²) in [5.41, 5.74) is 5.98. The topological polar surface area (TPSA) is 58.4 Å². The average molecular weight is 438 g/mol. The number of nitrogens with one attached hydrogen (secondary N) is 1. The number of benzene rings is 1. The van der Waals surface area contributed by atoms with Gasteiger partial charge >= 0.3 is 0 Å². The molecule has 1 aromatic rings. The zero-order chi connectivity index (χ0) is 18.7. The van der Waals surface area contributed by atoms with Crippen molar-refractivity contribution in [3.8, 4) is 0 Å². The number of carbonyl (C=O) groups excluding carboxylic acids is 1. The van der Waals surface area contributed by atoms with Gasteiger partial charge in [0.05, 0.1) is 5.92 Å². The summed E-state index contributed by atoms with van der Waals surface area (Å²) in [6.07, 6.45) is 5.59. The maximum absolute atomic E-state index is 13.9. The molecule has 1 amide bonds. The Balaban J connectivity index is 0.00000196. The van der Waals surface area contributed by atoms with Crippen molar-refractivity contribution in [2.45, 2.75) is 63.6 Å². The molecule has 3 atom stereocenters. The molecule has 4 nitrogen and oxygen atoms in total. The van der Waals surface area contributed by atoms with Crippen LogP contribution in [-0.2, 0) is 11.3 Å². The van der Waals surface area contributed by atoms with Crippen molar-refractivity contribution < 1.29 is 13.6 Å². The van der Waals surface area contributed by atoms with Gasteiger partial charge < -0.3 is 11.1 Å². The molecule has 1 aromatic carbocycles. The molecular formula is C20H31Cl2F2N3O. The van der Waals surface area contributed by atoms with Gasteiger partial charge in [0.15, 0.2) is 0 Å². The Bertz CT molecular complexity index is 640. The lowest BCUT2D eigenvalue weighted by molar-refractivity contribution is -0.129. The standard InChI is InChI=1S/C20H29F2N3O.2ClH/c1-20(23)10-3-2-7-16(20)19(26)24-14-6-5-11-25(12-14)13-15-17(21)8-4-9-18(15)22;;/h4,8-9,14,16H,2-3,5-7,10-13,23H2,1H3,(H,24,26);2*1H. The summed E-state index contributed by atoms with van der Waals surface area (Å²) < 4.78 is 27.8. The third-order valence-corrected chi connectivity index (χ3v) is 5.87. The highest BCUT2D eigenvalue weighted by molar-refractivity contribution is 5.85. The minimum absolute atomic E-state index is 0. The maximum atomic E-state index is 13.9. The van der Waals surface area contributed by atoms with Crippen LogP contribution in [0.1, 0.15) is 51.0 Å². The molecule has 2 aliphatic rings. The van der Waals surface area contributed by atoms with Gasteiger partial charge in [-0.2, -0.15) is 0 Å². The molecule has 28 heavy (non-hydrogen) atoms. The van der Waals surface area contributed by atoms with E-state index in [0.29, 0.717) is 6.54 Å². The Morgan fingerprint density at radius 2 is 1.89 bits per heavy atom. The van der Waals surface area contributed by atoms with Gasteiger partial charge in [-0.1, -0.05) is 18.9 Å². The van der Waals surface area contributed by atoms with Gasteiger partial charge in [0.2, 0.25) is 5.91 Å². The van der Waals surface area contributed by atoms with Gasteiger partial charge in [0.25, 0.3) is 0 Å². The van der Waals surface area contributed by atoms with Crippen molar-refractivity contribution >= 4 is 30.7 Å². The molecule has 3 rings (SSSR count). The molecule has 1 aliphatic carbocycles. The average Bonchev–Trinajstić information content (AvgIpc) is 2.58. The fraction of sp³-hybridized carbons (Fsp3) is 0.650. The molecular weight excluding hydrogens is 407 g/mol. The van der Waals surface area contributed by atoms with E-state index in [4.69, 9.17) is 5.73 Å². The second-order valence-corrected chi connectivity index (χ2v) is 8.09. The van der Waals surface area contributed by atoms with Crippen LogP contribution < -0.4 is 11.1 Å². The van der Waals surface area contributed by atoms with Crippen LogP contribution in [0, 0.1) is 17.6 Å². The van der Waals surface area contributed by atoms with Crippen LogP contribution in [-0.4, -0.2) is 35.5 Å². The first-order valence-corrected chi connectivity index (χ1v) is 9.61. The Hall–Kier alpha value is -0.950. The van der Waals surface area contributed by atoms with Crippen LogP contribution >= 0.6 is 24.8 Å². The fourth-order valence-corrected chi connectivity index (χ4v) is 4.31. The van der Waals surface area contributed by atoms with Crippen molar-refractivity contribution in [2.75, 3.05) is 13.1 Å². The van der Waals surface area contributed by atoms with Gasteiger partial charge in [-0.3, -0.25) is 9.69 Å². The number of amides is 1. The quantitative estimate of drug-likeness (QED) is 0.752. The highest BCUT2D eigenvalue weighted by Gasteiger charge is 2.38. The molecule has 3 unspecified atom stereocenters. The maximum Gasteiger partial charge on any atom is 0.225 e. The number of likely N-dealkylation sites (tertiary alicyclic amines) is 1. The summed E-state index contributed by atoms with van der Waals surface area (Å²) >= 11 is 0. The first-order chi connectivity index (χ1) is 12.4. The minimum Gasteiger partial charge on any atom is -0.352 e. The van der Waals surface area contributed by atoms with Crippen LogP contribution in [0.5, 0.6) is 0 Å². The van der Waals surface area contributed by atoms with E-state index in [2.05, 4.69) is 5.32 Å². The summed E-state index contributed by atoms with van der Waals surface area (Å²) in [4.78, 5) is 14.7. The zero-order valence-corrected chi connectivity index (χ0v) is 17.9. The lowest BCUT2D eigenvalue weighted by Gasteiger charge is -2.39. The lowest BCUT2D eigenvalue weighted by atomic mass is 9.74. The SMILES string of the molecule is CC1(N)CCCCC1C(=O)NC1CCCN(Cc2c(F)cccc2F)C1.Cl.Cl. The highest BCUT2D eigenvalue weighted by Crippen LogP contribution is 2.32. The van der Waals surface area contributed by atoms with E-state index < -0.39 is 17.2 Å². The summed E-state index contributed by atoms with van der Waals surface area (Å²) in [5, 5.41) is 3.14. The molecule has 0 radical (unpaired) electrons. The third kappa shape index (κ3) is 6.02. The second-order valence-electron chi connectivity index (χ2n) is 8.09. The molecule has 3 N–H and O–H groups in total. The van der Waals surface area contributed by atoms with Gasteiger partial charge in [0, 0.05) is 30.2 Å². The number of halogens is 4. The number of hydrogen-bond donors (Lipinski definition) is 2. The van der Waals surface area contributed by atoms with Crippen LogP contribution in [0.3, 0.4) is 0 Å². The molecule has 0 spiro atoms. The van der Waals surface area contributed by atoms with Gasteiger partial charge in [-0.15, -0.1) is 24.8 Å². The van der Waals surface area contributed by atoms with Gasteiger partial charge in [-0.05, 0) is 51.3 Å². The zero-order valence-electron chi connectivity index (χ0n) is 16.3. The predicted molar refractivity (Wildman–Crippen MR) is 112 cm³/mol. The van der Waals surface area contributed by atoms with Gasteiger partial charge in [-0.25, -0.2) is 8.78 Å². The van der Waals surface area contributed by atoms with Crippen molar-refractivity contribution in [2.24, 2.45) is 11.7 Å². The largest absolute Gasteiger partial charge is 0.352 e. The Morgan fingerprint density at radius 3 is 2.54 bits per heavy atom. The van der Waals surface area contributed by atoms with Crippen LogP contribution in [0.25, 0.3) is 0 Å². The number of nitrogens with two attached hydrogens (primary N) is 1. The van der Waals surface area contributed by atoms with E-state index in [-0.39, 0.29) is 54.8 Å².